The van der Waals surface area contributed by atoms with E-state index in [-0.39, 0.29) is 0 Å². The van der Waals surface area contributed by atoms with Crippen molar-refractivity contribution in [1.29, 1.82) is 0 Å². The van der Waals surface area contributed by atoms with Crippen molar-refractivity contribution in [2.45, 2.75) is 6.61 Å². The minimum absolute atomic E-state index is 0.444. The summed E-state index contributed by atoms with van der Waals surface area (Å²) in [6, 6.07) is 22.2. The van der Waals surface area contributed by atoms with Crippen molar-refractivity contribution >= 4 is 12.0 Å². The molecule has 0 heterocycles. The molecule has 0 atom stereocenters. The second-order valence-corrected chi connectivity index (χ2v) is 6.11. The molecule has 0 aliphatic heterocycles. The predicted octanol–water partition coefficient (Wildman–Crippen LogP) is 4.90. The number of hydrogen-bond acceptors (Lipinski definition) is 5. The normalized spacial score (nSPS) is 10.6. The van der Waals surface area contributed by atoms with Crippen molar-refractivity contribution in [3.8, 4) is 23.0 Å². The fraction of sp³-hybridized carbons (Fsp3) is 0.125. The Balaban J connectivity index is 1.54. The number of carbonyl (C=O) groups is 1. The van der Waals surface area contributed by atoms with E-state index in [2.05, 4.69) is 0 Å². The lowest BCUT2D eigenvalue weighted by atomic mass is 10.2. The molecule has 0 aliphatic rings. The molecule has 0 fully saturated rings. The van der Waals surface area contributed by atoms with Gasteiger partial charge in [-0.3, -0.25) is 0 Å². The first kappa shape index (κ1) is 20.0. The Bertz CT molecular complexity index is 962. The zero-order chi connectivity index (χ0) is 20.5. The van der Waals surface area contributed by atoms with Crippen LogP contribution in [0.25, 0.3) is 6.08 Å². The quantitative estimate of drug-likeness (QED) is 0.311. The minimum atomic E-state index is -0.474. The Morgan fingerprint density at radius 1 is 0.828 bits per heavy atom. The molecule has 0 saturated carbocycles. The second-order valence-electron chi connectivity index (χ2n) is 6.11. The summed E-state index contributed by atoms with van der Waals surface area (Å²) < 4.78 is 21.5. The Morgan fingerprint density at radius 2 is 1.52 bits per heavy atom. The van der Waals surface area contributed by atoms with Gasteiger partial charge in [-0.1, -0.05) is 36.4 Å². The molecule has 0 spiro atoms. The SMILES string of the molecule is COc1ccc(/C=C/C(=O)Oc2ccc(OCc3ccccc3)cc2)cc1OC. The summed E-state index contributed by atoms with van der Waals surface area (Å²) in [6.07, 6.45) is 3.02. The molecule has 0 radical (unpaired) electrons. The molecular formula is C24H22O5. The molecule has 0 unspecified atom stereocenters. The number of benzene rings is 3. The third kappa shape index (κ3) is 5.87. The number of carbonyl (C=O) groups excluding carboxylic acids is 1. The van der Waals surface area contributed by atoms with Crippen molar-refractivity contribution < 1.29 is 23.7 Å². The molecule has 0 aliphatic carbocycles. The minimum Gasteiger partial charge on any atom is -0.493 e. The largest absolute Gasteiger partial charge is 0.493 e. The van der Waals surface area contributed by atoms with Crippen LogP contribution in [-0.2, 0) is 11.4 Å². The Labute approximate surface area is 170 Å². The van der Waals surface area contributed by atoms with E-state index in [1.54, 1.807) is 56.7 Å². The van der Waals surface area contributed by atoms with Crippen molar-refractivity contribution in [3.63, 3.8) is 0 Å². The maximum absolute atomic E-state index is 12.1. The van der Waals surface area contributed by atoms with Crippen LogP contribution in [0, 0.1) is 0 Å². The first-order valence-corrected chi connectivity index (χ1v) is 9.06. The van der Waals surface area contributed by atoms with Crippen molar-refractivity contribution in [2.75, 3.05) is 14.2 Å². The number of ether oxygens (including phenoxy) is 4. The summed E-state index contributed by atoms with van der Waals surface area (Å²) in [5, 5.41) is 0. The monoisotopic (exact) mass is 390 g/mol. The zero-order valence-corrected chi connectivity index (χ0v) is 16.3. The summed E-state index contributed by atoms with van der Waals surface area (Å²) in [4.78, 5) is 12.1. The first-order chi connectivity index (χ1) is 14.2. The van der Waals surface area contributed by atoms with Gasteiger partial charge in [-0.2, -0.15) is 0 Å². The van der Waals surface area contributed by atoms with E-state index < -0.39 is 5.97 Å². The zero-order valence-electron chi connectivity index (χ0n) is 16.3. The summed E-state index contributed by atoms with van der Waals surface area (Å²) in [6.45, 7) is 0.480. The van der Waals surface area contributed by atoms with Gasteiger partial charge in [0.1, 0.15) is 18.1 Å². The maximum Gasteiger partial charge on any atom is 0.336 e. The Kier molecular flexibility index (Phi) is 6.90. The van der Waals surface area contributed by atoms with Gasteiger partial charge < -0.3 is 18.9 Å². The molecule has 0 amide bonds. The molecular weight excluding hydrogens is 368 g/mol. The maximum atomic E-state index is 12.1. The van der Waals surface area contributed by atoms with Gasteiger partial charge >= 0.3 is 5.97 Å². The van der Waals surface area contributed by atoms with Crippen LogP contribution >= 0.6 is 0 Å². The molecule has 29 heavy (non-hydrogen) atoms. The van der Waals surface area contributed by atoms with E-state index in [0.717, 1.165) is 11.1 Å². The molecule has 0 bridgehead atoms. The molecule has 148 valence electrons. The highest BCUT2D eigenvalue weighted by molar-refractivity contribution is 5.88. The fourth-order valence-corrected chi connectivity index (χ4v) is 2.62. The van der Waals surface area contributed by atoms with Crippen LogP contribution in [0.3, 0.4) is 0 Å². The molecule has 3 rings (SSSR count). The van der Waals surface area contributed by atoms with Crippen LogP contribution in [0.15, 0.2) is 78.9 Å². The summed E-state index contributed by atoms with van der Waals surface area (Å²) in [7, 11) is 3.13. The van der Waals surface area contributed by atoms with Gasteiger partial charge in [-0.25, -0.2) is 4.79 Å². The van der Waals surface area contributed by atoms with Crippen LogP contribution in [0.5, 0.6) is 23.0 Å². The first-order valence-electron chi connectivity index (χ1n) is 9.06. The molecule has 0 saturated heterocycles. The van der Waals surface area contributed by atoms with Gasteiger partial charge in [-0.15, -0.1) is 0 Å². The van der Waals surface area contributed by atoms with Crippen LogP contribution in [0.2, 0.25) is 0 Å². The topological polar surface area (TPSA) is 54.0 Å². The van der Waals surface area contributed by atoms with Gasteiger partial charge in [0.15, 0.2) is 11.5 Å². The summed E-state index contributed by atoms with van der Waals surface area (Å²) >= 11 is 0. The summed E-state index contributed by atoms with van der Waals surface area (Å²) in [5.74, 6) is 1.89. The fourth-order valence-electron chi connectivity index (χ4n) is 2.62. The highest BCUT2D eigenvalue weighted by Crippen LogP contribution is 2.28. The lowest BCUT2D eigenvalue weighted by Crippen LogP contribution is -2.03. The van der Waals surface area contributed by atoms with E-state index in [9.17, 15) is 4.79 Å². The van der Waals surface area contributed by atoms with E-state index in [1.807, 2.05) is 36.4 Å². The van der Waals surface area contributed by atoms with Gasteiger partial charge in [0.2, 0.25) is 0 Å². The van der Waals surface area contributed by atoms with Crippen LogP contribution in [0.1, 0.15) is 11.1 Å². The van der Waals surface area contributed by atoms with Gasteiger partial charge in [0, 0.05) is 6.08 Å². The lowest BCUT2D eigenvalue weighted by Gasteiger charge is -2.08. The number of rotatable bonds is 8. The molecule has 0 aromatic heterocycles. The van der Waals surface area contributed by atoms with Gasteiger partial charge in [-0.05, 0) is 53.6 Å². The van der Waals surface area contributed by atoms with E-state index in [0.29, 0.717) is 29.6 Å². The molecule has 5 nitrogen and oxygen atoms in total. The summed E-state index contributed by atoms with van der Waals surface area (Å²) in [5.41, 5.74) is 1.88. The molecule has 3 aromatic rings. The molecule has 5 heteroatoms. The van der Waals surface area contributed by atoms with E-state index in [4.69, 9.17) is 18.9 Å². The van der Waals surface area contributed by atoms with Gasteiger partial charge in [0.05, 0.1) is 14.2 Å². The third-order valence-electron chi connectivity index (χ3n) is 4.11. The molecule has 3 aromatic carbocycles. The second kappa shape index (κ2) is 9.99. The van der Waals surface area contributed by atoms with Crippen molar-refractivity contribution in [3.05, 3.63) is 90.0 Å². The third-order valence-corrected chi connectivity index (χ3v) is 4.11. The number of methoxy groups -OCH3 is 2. The lowest BCUT2D eigenvalue weighted by molar-refractivity contribution is -0.128. The smallest absolute Gasteiger partial charge is 0.336 e. The average molecular weight is 390 g/mol. The van der Waals surface area contributed by atoms with E-state index in [1.165, 1.54) is 6.08 Å². The standard InChI is InChI=1S/C24H22O5/c1-26-22-14-8-18(16-23(22)27-2)9-15-24(25)29-21-12-10-20(11-13-21)28-17-19-6-4-3-5-7-19/h3-16H,17H2,1-2H3/b15-9+. The number of hydrogen-bond donors (Lipinski definition) is 0. The predicted molar refractivity (Wildman–Crippen MR) is 111 cm³/mol. The van der Waals surface area contributed by atoms with Gasteiger partial charge in [0.25, 0.3) is 0 Å². The highest BCUT2D eigenvalue weighted by Gasteiger charge is 2.05. The highest BCUT2D eigenvalue weighted by atomic mass is 16.5. The molecule has 0 N–H and O–H groups in total. The van der Waals surface area contributed by atoms with E-state index >= 15 is 0 Å². The average Bonchev–Trinajstić information content (AvgIpc) is 2.77. The van der Waals surface area contributed by atoms with Crippen molar-refractivity contribution in [1.82, 2.24) is 0 Å². The van der Waals surface area contributed by atoms with Crippen LogP contribution in [0.4, 0.5) is 0 Å². The van der Waals surface area contributed by atoms with Crippen LogP contribution in [-0.4, -0.2) is 20.2 Å². The van der Waals surface area contributed by atoms with Crippen LogP contribution < -0.4 is 18.9 Å². The number of esters is 1. The Morgan fingerprint density at radius 3 is 2.21 bits per heavy atom. The Hall–Kier alpha value is -3.73. The van der Waals surface area contributed by atoms with Crippen molar-refractivity contribution in [2.24, 2.45) is 0 Å².